The van der Waals surface area contributed by atoms with Gasteiger partial charge in [-0.2, -0.15) is 13.2 Å². The summed E-state index contributed by atoms with van der Waals surface area (Å²) in [6.07, 6.45) is 3.31. The topological polar surface area (TPSA) is 71.4 Å². The molecule has 0 radical (unpaired) electrons. The van der Waals surface area contributed by atoms with Crippen LogP contribution >= 0.6 is 0 Å². The quantitative estimate of drug-likeness (QED) is 0.344. The van der Waals surface area contributed by atoms with Crippen LogP contribution in [0.5, 0.6) is 0 Å². The summed E-state index contributed by atoms with van der Waals surface area (Å²) >= 11 is 0. The number of aromatic nitrogens is 2. The number of hydrogen-bond donors (Lipinski definition) is 2. The van der Waals surface area contributed by atoms with Crippen LogP contribution in [0.25, 0.3) is 11.0 Å². The van der Waals surface area contributed by atoms with Gasteiger partial charge in [0.15, 0.2) is 0 Å². The highest BCUT2D eigenvalue weighted by atomic mass is 28.3. The molecule has 2 N–H and O–H groups in total. The summed E-state index contributed by atoms with van der Waals surface area (Å²) in [6, 6.07) is 3.32. The van der Waals surface area contributed by atoms with Crippen molar-refractivity contribution in [3.8, 4) is 0 Å². The number of anilines is 1. The molecule has 0 bridgehead atoms. The van der Waals surface area contributed by atoms with Crippen LogP contribution in [-0.4, -0.2) is 61.1 Å². The van der Waals surface area contributed by atoms with Gasteiger partial charge < -0.3 is 24.8 Å². The first-order valence-corrected chi connectivity index (χ1v) is 17.1. The zero-order chi connectivity index (χ0) is 26.4. The number of fused-ring (bicyclic) bond motifs is 3. The van der Waals surface area contributed by atoms with E-state index in [4.69, 9.17) is 4.74 Å². The number of carbonyl (C=O) groups is 1. The maximum atomic E-state index is 13.3. The van der Waals surface area contributed by atoms with Gasteiger partial charge in [-0.25, -0.2) is 4.98 Å². The minimum absolute atomic E-state index is 0.125. The molecule has 7 nitrogen and oxygen atoms in total. The lowest BCUT2D eigenvalue weighted by Gasteiger charge is -2.41. The second-order valence-corrected chi connectivity index (χ2v) is 17.8. The molecule has 0 aromatic carbocycles. The molecule has 11 heteroatoms. The van der Waals surface area contributed by atoms with E-state index in [-0.39, 0.29) is 30.7 Å². The first kappa shape index (κ1) is 26.5. The second kappa shape index (κ2) is 9.89. The fourth-order valence-electron chi connectivity index (χ4n) is 5.57. The maximum Gasteiger partial charge on any atom is 0.406 e. The van der Waals surface area contributed by atoms with Gasteiger partial charge in [0.2, 0.25) is 0 Å². The molecule has 3 aliphatic rings. The molecule has 2 aliphatic carbocycles. The van der Waals surface area contributed by atoms with Crippen molar-refractivity contribution < 1.29 is 22.7 Å². The molecule has 0 atom stereocenters. The van der Waals surface area contributed by atoms with Gasteiger partial charge in [0, 0.05) is 38.5 Å². The summed E-state index contributed by atoms with van der Waals surface area (Å²) in [4.78, 5) is 19.5. The Balaban J connectivity index is 1.26. The van der Waals surface area contributed by atoms with Crippen molar-refractivity contribution in [1.29, 1.82) is 0 Å². The molecule has 2 saturated carbocycles. The molecule has 1 aliphatic heterocycles. The molecule has 2 fully saturated rings. The number of pyridine rings is 1. The minimum atomic E-state index is -4.17. The lowest BCUT2D eigenvalue weighted by Crippen LogP contribution is -2.51. The first-order valence-electron chi connectivity index (χ1n) is 13.4. The molecule has 2 aromatic heterocycles. The minimum Gasteiger partial charge on any atom is -0.361 e. The Morgan fingerprint density at radius 1 is 1.22 bits per heavy atom. The Morgan fingerprint density at radius 2 is 1.95 bits per heavy atom. The average molecular weight is 538 g/mol. The van der Waals surface area contributed by atoms with E-state index >= 15 is 0 Å². The Kier molecular flexibility index (Phi) is 7.08. The van der Waals surface area contributed by atoms with Crippen molar-refractivity contribution in [3.05, 3.63) is 24.0 Å². The van der Waals surface area contributed by atoms with Crippen LogP contribution in [-0.2, 0) is 11.5 Å². The molecule has 0 unspecified atom stereocenters. The summed E-state index contributed by atoms with van der Waals surface area (Å²) < 4.78 is 47.8. The van der Waals surface area contributed by atoms with Gasteiger partial charge >= 0.3 is 6.18 Å². The third-order valence-electron chi connectivity index (χ3n) is 8.21. The van der Waals surface area contributed by atoms with E-state index in [0.717, 1.165) is 55.1 Å². The van der Waals surface area contributed by atoms with Crippen molar-refractivity contribution in [1.82, 2.24) is 20.2 Å². The highest BCUT2D eigenvalue weighted by Crippen LogP contribution is 2.49. The van der Waals surface area contributed by atoms with Crippen molar-refractivity contribution >= 4 is 30.7 Å². The lowest BCUT2D eigenvalue weighted by molar-refractivity contribution is -0.166. The van der Waals surface area contributed by atoms with E-state index < -0.39 is 19.8 Å². The van der Waals surface area contributed by atoms with Crippen LogP contribution in [0.4, 0.5) is 18.9 Å². The molecule has 37 heavy (non-hydrogen) atoms. The van der Waals surface area contributed by atoms with Crippen LogP contribution in [0.3, 0.4) is 0 Å². The Hall–Kier alpha value is -2.11. The summed E-state index contributed by atoms with van der Waals surface area (Å²) in [5, 5.41) is 6.75. The number of hydrogen-bond acceptors (Lipinski definition) is 5. The number of amides is 1. The third-order valence-corrected chi connectivity index (χ3v) is 9.91. The van der Waals surface area contributed by atoms with E-state index in [9.17, 15) is 18.0 Å². The van der Waals surface area contributed by atoms with Crippen molar-refractivity contribution in [2.45, 2.75) is 88.7 Å². The standard InChI is InChI=1S/C26H38F3N5O2Si/c1-37(2,3)13-12-36-17-33-11-8-20-22-21(15-30-23(20)33)24(35)31-16-34(22)19-6-4-18(5-7-19)14-32-25(9-10-25)26(27,28)29/h8,11,15,18-19,32H,4-7,9-10,12-14,16-17H2,1-3H3,(H,31,35). The molecule has 204 valence electrons. The van der Waals surface area contributed by atoms with Crippen molar-refractivity contribution in [2.24, 2.45) is 5.92 Å². The van der Waals surface area contributed by atoms with E-state index in [1.54, 1.807) is 6.20 Å². The summed E-state index contributed by atoms with van der Waals surface area (Å²) in [6.45, 7) is 8.95. The highest BCUT2D eigenvalue weighted by Gasteiger charge is 2.63. The Labute approximate surface area is 217 Å². The van der Waals surface area contributed by atoms with Gasteiger partial charge in [-0.3, -0.25) is 4.79 Å². The van der Waals surface area contributed by atoms with E-state index in [0.29, 0.717) is 25.5 Å². The number of rotatable bonds is 9. The molecule has 5 rings (SSSR count). The fourth-order valence-corrected chi connectivity index (χ4v) is 6.33. The van der Waals surface area contributed by atoms with Crippen LogP contribution in [0, 0.1) is 5.92 Å². The van der Waals surface area contributed by atoms with Gasteiger partial charge in [-0.1, -0.05) is 19.6 Å². The van der Waals surface area contributed by atoms with Crippen LogP contribution in [0.15, 0.2) is 18.5 Å². The molecule has 2 aromatic rings. The predicted molar refractivity (Wildman–Crippen MR) is 140 cm³/mol. The molecule has 1 amide bonds. The van der Waals surface area contributed by atoms with Gasteiger partial charge in [0.1, 0.15) is 17.9 Å². The fraction of sp³-hybridized carbons (Fsp3) is 0.692. The van der Waals surface area contributed by atoms with Crippen LogP contribution in [0.1, 0.15) is 48.9 Å². The summed E-state index contributed by atoms with van der Waals surface area (Å²) in [5.74, 6) is 0.112. The zero-order valence-electron chi connectivity index (χ0n) is 22.0. The summed E-state index contributed by atoms with van der Waals surface area (Å²) in [7, 11) is -1.17. The van der Waals surface area contributed by atoms with Crippen molar-refractivity contribution in [3.63, 3.8) is 0 Å². The van der Waals surface area contributed by atoms with Gasteiger partial charge in [0.05, 0.1) is 17.9 Å². The Morgan fingerprint density at radius 3 is 2.59 bits per heavy atom. The van der Waals surface area contributed by atoms with E-state index in [2.05, 4.69) is 40.2 Å². The largest absolute Gasteiger partial charge is 0.406 e. The average Bonchev–Trinajstić information content (AvgIpc) is 3.54. The zero-order valence-corrected chi connectivity index (χ0v) is 23.0. The van der Waals surface area contributed by atoms with Crippen LogP contribution < -0.4 is 15.5 Å². The SMILES string of the molecule is C[Si](C)(C)CCOCn1ccc2c3c(cnc21)C(=O)NCN3C1CCC(CNC2(C(F)(F)F)CC2)CC1. The normalized spacial score (nSPS) is 23.7. The van der Waals surface area contributed by atoms with Gasteiger partial charge in [0.25, 0.3) is 5.91 Å². The monoisotopic (exact) mass is 537 g/mol. The highest BCUT2D eigenvalue weighted by molar-refractivity contribution is 6.76. The van der Waals surface area contributed by atoms with E-state index in [1.807, 2.05) is 16.8 Å². The third kappa shape index (κ3) is 5.54. The first-order chi connectivity index (χ1) is 17.5. The number of carbonyl (C=O) groups excluding carboxylic acids is 1. The van der Waals surface area contributed by atoms with Gasteiger partial charge in [-0.15, -0.1) is 0 Å². The summed E-state index contributed by atoms with van der Waals surface area (Å²) in [5.41, 5.74) is 0.626. The number of nitrogens with zero attached hydrogens (tertiary/aromatic N) is 3. The lowest BCUT2D eigenvalue weighted by atomic mass is 9.84. The number of ether oxygens (including phenoxy) is 1. The second-order valence-electron chi connectivity index (χ2n) is 12.2. The van der Waals surface area contributed by atoms with E-state index in [1.165, 1.54) is 0 Å². The smallest absolute Gasteiger partial charge is 0.361 e. The molecule has 0 saturated heterocycles. The Bertz CT molecular complexity index is 1130. The number of alkyl halides is 3. The number of nitrogens with one attached hydrogen (secondary N) is 2. The van der Waals surface area contributed by atoms with Crippen molar-refractivity contribution in [2.75, 3.05) is 24.7 Å². The number of halogens is 3. The molecular formula is C26H38F3N5O2Si. The van der Waals surface area contributed by atoms with Gasteiger partial charge in [-0.05, 0) is 63.1 Å². The maximum absolute atomic E-state index is 13.3. The molecular weight excluding hydrogens is 499 g/mol. The van der Waals surface area contributed by atoms with Crippen LogP contribution in [0.2, 0.25) is 25.7 Å². The molecule has 0 spiro atoms. The molecule has 3 heterocycles. The predicted octanol–water partition coefficient (Wildman–Crippen LogP) is 5.10.